The Kier molecular flexibility index (Phi) is 5.96. The van der Waals surface area contributed by atoms with Crippen molar-refractivity contribution < 1.29 is 0 Å². The van der Waals surface area contributed by atoms with Crippen molar-refractivity contribution in [3.05, 3.63) is 0 Å². The second kappa shape index (κ2) is 6.14. The number of rotatable bonds is 5. The second-order valence-corrected chi connectivity index (χ2v) is 4.60. The fourth-order valence-electron chi connectivity index (χ4n) is 2.33. The standard InChI is InChI=1S/C12H23B/c1-7-10(3)9-11(4)12(8-2)13(5)6/h1,10-12H,8-9H2,2-6H3. The Labute approximate surface area is 84.6 Å². The molecule has 0 aliphatic heterocycles. The minimum Gasteiger partial charge on any atom is -0.120 e. The van der Waals surface area contributed by atoms with Crippen LogP contribution in [0.3, 0.4) is 0 Å². The van der Waals surface area contributed by atoms with Crippen molar-refractivity contribution >= 4 is 6.71 Å². The van der Waals surface area contributed by atoms with Gasteiger partial charge < -0.3 is 0 Å². The molecule has 0 bridgehead atoms. The minimum atomic E-state index is 0.433. The lowest BCUT2D eigenvalue weighted by atomic mass is 9.41. The van der Waals surface area contributed by atoms with E-state index in [0.717, 1.165) is 18.4 Å². The van der Waals surface area contributed by atoms with E-state index < -0.39 is 0 Å². The molecule has 1 heteroatoms. The second-order valence-electron chi connectivity index (χ2n) is 4.60. The molecule has 0 saturated heterocycles. The third-order valence-corrected chi connectivity index (χ3v) is 3.07. The molecule has 0 aromatic rings. The fraction of sp³-hybridized carbons (Fsp3) is 0.833. The topological polar surface area (TPSA) is 0 Å². The number of hydrogen-bond acceptors (Lipinski definition) is 0. The molecule has 0 radical (unpaired) electrons. The third-order valence-electron chi connectivity index (χ3n) is 3.07. The predicted molar refractivity (Wildman–Crippen MR) is 63.3 cm³/mol. The van der Waals surface area contributed by atoms with E-state index in [1.54, 1.807) is 0 Å². The summed E-state index contributed by atoms with van der Waals surface area (Å²) in [5, 5.41) is 0. The Morgan fingerprint density at radius 3 is 2.15 bits per heavy atom. The van der Waals surface area contributed by atoms with Crippen LogP contribution in [-0.4, -0.2) is 6.71 Å². The van der Waals surface area contributed by atoms with Gasteiger partial charge in [0.1, 0.15) is 6.71 Å². The van der Waals surface area contributed by atoms with E-state index in [-0.39, 0.29) is 0 Å². The lowest BCUT2D eigenvalue weighted by Gasteiger charge is -2.25. The molecule has 0 heterocycles. The SMILES string of the molecule is C#CC(C)CC(C)C(CC)B(C)C. The molecule has 0 aromatic heterocycles. The number of hydrogen-bond donors (Lipinski definition) is 0. The van der Waals surface area contributed by atoms with Crippen molar-refractivity contribution in [2.24, 2.45) is 11.8 Å². The van der Waals surface area contributed by atoms with Gasteiger partial charge in [-0.25, -0.2) is 0 Å². The van der Waals surface area contributed by atoms with E-state index >= 15 is 0 Å². The summed E-state index contributed by atoms with van der Waals surface area (Å²) in [5.74, 6) is 4.84. The highest BCUT2D eigenvalue weighted by molar-refractivity contribution is 6.57. The molecule has 0 nitrogen and oxygen atoms in total. The van der Waals surface area contributed by atoms with Crippen molar-refractivity contribution in [1.29, 1.82) is 0 Å². The van der Waals surface area contributed by atoms with Crippen LogP contribution >= 0.6 is 0 Å². The molecule has 3 atom stereocenters. The van der Waals surface area contributed by atoms with Gasteiger partial charge in [-0.3, -0.25) is 0 Å². The molecule has 0 rings (SSSR count). The summed E-state index contributed by atoms with van der Waals surface area (Å²) in [7, 11) is 0. The molecule has 0 aliphatic carbocycles. The van der Waals surface area contributed by atoms with E-state index in [0.29, 0.717) is 5.92 Å². The Bertz CT molecular complexity index is 166. The van der Waals surface area contributed by atoms with Gasteiger partial charge in [0.05, 0.1) is 0 Å². The molecule has 0 spiro atoms. The van der Waals surface area contributed by atoms with Crippen LogP contribution in [0.15, 0.2) is 0 Å². The van der Waals surface area contributed by atoms with Gasteiger partial charge in [0.15, 0.2) is 0 Å². The molecule has 0 aromatic carbocycles. The molecule has 0 saturated carbocycles. The summed E-state index contributed by atoms with van der Waals surface area (Å²) >= 11 is 0. The highest BCUT2D eigenvalue weighted by Gasteiger charge is 2.21. The van der Waals surface area contributed by atoms with Gasteiger partial charge in [-0.1, -0.05) is 46.7 Å². The van der Waals surface area contributed by atoms with Crippen molar-refractivity contribution in [1.82, 2.24) is 0 Å². The predicted octanol–water partition coefficient (Wildman–Crippen LogP) is 3.82. The van der Waals surface area contributed by atoms with E-state index in [4.69, 9.17) is 6.42 Å². The van der Waals surface area contributed by atoms with Crippen LogP contribution in [0, 0.1) is 24.2 Å². The first-order valence-electron chi connectivity index (χ1n) is 5.49. The van der Waals surface area contributed by atoms with Gasteiger partial charge in [0.2, 0.25) is 0 Å². The van der Waals surface area contributed by atoms with Crippen molar-refractivity contribution in [2.75, 3.05) is 0 Å². The molecule has 0 aliphatic rings. The van der Waals surface area contributed by atoms with E-state index in [2.05, 4.69) is 40.3 Å². The summed E-state index contributed by atoms with van der Waals surface area (Å²) in [6.45, 7) is 12.2. The fourth-order valence-corrected chi connectivity index (χ4v) is 2.33. The molecular weight excluding hydrogens is 155 g/mol. The van der Waals surface area contributed by atoms with Gasteiger partial charge >= 0.3 is 0 Å². The Morgan fingerprint density at radius 2 is 1.85 bits per heavy atom. The zero-order valence-electron chi connectivity index (χ0n) is 9.80. The first-order chi connectivity index (χ1) is 6.02. The van der Waals surface area contributed by atoms with Crippen LogP contribution in [0.5, 0.6) is 0 Å². The quantitative estimate of drug-likeness (QED) is 0.443. The molecular formula is C12H23B. The van der Waals surface area contributed by atoms with Crippen LogP contribution in [0.25, 0.3) is 0 Å². The Balaban J connectivity index is 4.07. The van der Waals surface area contributed by atoms with Crippen LogP contribution < -0.4 is 0 Å². The molecule has 0 amide bonds. The molecule has 74 valence electrons. The highest BCUT2D eigenvalue weighted by Crippen LogP contribution is 2.30. The zero-order chi connectivity index (χ0) is 10.4. The van der Waals surface area contributed by atoms with Gasteiger partial charge in [-0.15, -0.1) is 12.3 Å². The average Bonchev–Trinajstić information content (AvgIpc) is 2.04. The summed E-state index contributed by atoms with van der Waals surface area (Å²) in [6.07, 6.45) is 7.84. The smallest absolute Gasteiger partial charge is 0.120 e. The first kappa shape index (κ1) is 12.6. The lowest BCUT2D eigenvalue weighted by molar-refractivity contribution is 0.436. The van der Waals surface area contributed by atoms with Crippen molar-refractivity contribution in [2.45, 2.75) is 53.1 Å². The maximum Gasteiger partial charge on any atom is 0.137 e. The lowest BCUT2D eigenvalue weighted by Crippen LogP contribution is -2.20. The average molecular weight is 178 g/mol. The summed E-state index contributed by atoms with van der Waals surface area (Å²) in [6, 6.07) is 0. The largest absolute Gasteiger partial charge is 0.137 e. The highest BCUT2D eigenvalue weighted by atomic mass is 14.2. The van der Waals surface area contributed by atoms with Crippen LogP contribution in [0.1, 0.15) is 33.6 Å². The van der Waals surface area contributed by atoms with Gasteiger partial charge in [-0.2, -0.15) is 0 Å². The van der Waals surface area contributed by atoms with E-state index in [1.807, 2.05) is 0 Å². The summed E-state index contributed by atoms with van der Waals surface area (Å²) < 4.78 is 0. The van der Waals surface area contributed by atoms with Gasteiger partial charge in [-0.05, 0) is 12.3 Å². The molecule has 0 fully saturated rings. The Hall–Kier alpha value is -0.375. The van der Waals surface area contributed by atoms with Crippen LogP contribution in [0.4, 0.5) is 0 Å². The summed E-state index contributed by atoms with van der Waals surface area (Å²) in [5.41, 5.74) is 0. The minimum absolute atomic E-state index is 0.433. The Morgan fingerprint density at radius 1 is 1.31 bits per heavy atom. The molecule has 3 unspecified atom stereocenters. The van der Waals surface area contributed by atoms with Gasteiger partial charge in [0.25, 0.3) is 0 Å². The normalized spacial score (nSPS) is 17.2. The van der Waals surface area contributed by atoms with Crippen molar-refractivity contribution in [3.63, 3.8) is 0 Å². The monoisotopic (exact) mass is 178 g/mol. The summed E-state index contributed by atoms with van der Waals surface area (Å²) in [4.78, 5) is 0. The third kappa shape index (κ3) is 4.41. The zero-order valence-corrected chi connectivity index (χ0v) is 9.80. The van der Waals surface area contributed by atoms with E-state index in [9.17, 15) is 0 Å². The molecule has 13 heavy (non-hydrogen) atoms. The van der Waals surface area contributed by atoms with Crippen molar-refractivity contribution in [3.8, 4) is 12.3 Å². The number of terminal acetylenes is 1. The van der Waals surface area contributed by atoms with E-state index in [1.165, 1.54) is 12.8 Å². The first-order valence-corrected chi connectivity index (χ1v) is 5.49. The van der Waals surface area contributed by atoms with Crippen LogP contribution in [-0.2, 0) is 0 Å². The maximum atomic E-state index is 5.39. The maximum absolute atomic E-state index is 5.39. The molecule has 0 N–H and O–H groups in total. The van der Waals surface area contributed by atoms with Gasteiger partial charge in [0, 0.05) is 5.92 Å². The van der Waals surface area contributed by atoms with Crippen LogP contribution in [0.2, 0.25) is 19.5 Å².